The van der Waals surface area contributed by atoms with Gasteiger partial charge in [-0.05, 0) is 30.6 Å². The third-order valence-electron chi connectivity index (χ3n) is 3.65. The number of fused-ring (bicyclic) bond motifs is 1. The lowest BCUT2D eigenvalue weighted by atomic mass is 9.74. The molecule has 0 aromatic rings. The smallest absolute Gasteiger partial charge is 0.0610 e. The summed E-state index contributed by atoms with van der Waals surface area (Å²) in [5, 5.41) is 9.81. The highest BCUT2D eigenvalue weighted by atomic mass is 16.3. The van der Waals surface area contributed by atoms with E-state index in [4.69, 9.17) is 0 Å². The Morgan fingerprint density at radius 3 is 2.83 bits per heavy atom. The van der Waals surface area contributed by atoms with Gasteiger partial charge in [-0.15, -0.1) is 0 Å². The third kappa shape index (κ3) is 1.11. The second-order valence-corrected chi connectivity index (χ2v) is 4.95. The van der Waals surface area contributed by atoms with E-state index >= 15 is 0 Å². The van der Waals surface area contributed by atoms with Crippen molar-refractivity contribution in [2.75, 3.05) is 0 Å². The minimum absolute atomic E-state index is 0.0819. The molecule has 0 unspecified atom stereocenters. The molecule has 0 bridgehead atoms. The number of hydrogen-bond donors (Lipinski definition) is 1. The van der Waals surface area contributed by atoms with E-state index in [1.165, 1.54) is 12.8 Å². The fraction of sp³-hybridized carbons (Fsp3) is 0.818. The van der Waals surface area contributed by atoms with Crippen LogP contribution in [0.4, 0.5) is 0 Å². The van der Waals surface area contributed by atoms with Crippen LogP contribution in [0.1, 0.15) is 33.1 Å². The molecule has 1 saturated carbocycles. The molecular formula is C11H18O. The minimum atomic E-state index is -0.0819. The molecule has 3 atom stereocenters. The monoisotopic (exact) mass is 166 g/mol. The van der Waals surface area contributed by atoms with E-state index in [-0.39, 0.29) is 6.10 Å². The predicted octanol–water partition coefficient (Wildman–Crippen LogP) is 2.36. The summed E-state index contributed by atoms with van der Waals surface area (Å²) in [5.41, 5.74) is 0.356. The fourth-order valence-electron chi connectivity index (χ4n) is 2.99. The van der Waals surface area contributed by atoms with E-state index in [2.05, 4.69) is 26.0 Å². The van der Waals surface area contributed by atoms with E-state index in [1.54, 1.807) is 0 Å². The largest absolute Gasteiger partial charge is 0.392 e. The second-order valence-electron chi connectivity index (χ2n) is 4.95. The molecule has 2 aliphatic carbocycles. The van der Waals surface area contributed by atoms with Gasteiger partial charge in [-0.1, -0.05) is 26.0 Å². The van der Waals surface area contributed by atoms with Crippen molar-refractivity contribution in [2.45, 2.75) is 39.2 Å². The summed E-state index contributed by atoms with van der Waals surface area (Å²) in [5.74, 6) is 1.17. The van der Waals surface area contributed by atoms with Crippen LogP contribution in [-0.2, 0) is 0 Å². The maximum Gasteiger partial charge on any atom is 0.0610 e. The van der Waals surface area contributed by atoms with Crippen LogP contribution in [0.5, 0.6) is 0 Å². The first-order chi connectivity index (χ1) is 5.61. The van der Waals surface area contributed by atoms with Gasteiger partial charge in [-0.2, -0.15) is 0 Å². The van der Waals surface area contributed by atoms with Crippen LogP contribution in [0.3, 0.4) is 0 Å². The molecule has 0 heterocycles. The molecule has 1 N–H and O–H groups in total. The average molecular weight is 166 g/mol. The molecule has 0 saturated heterocycles. The molecule has 0 aromatic carbocycles. The molecule has 1 heteroatoms. The van der Waals surface area contributed by atoms with E-state index in [1.807, 2.05) is 0 Å². The zero-order valence-electron chi connectivity index (χ0n) is 7.96. The maximum atomic E-state index is 9.81. The van der Waals surface area contributed by atoms with Gasteiger partial charge < -0.3 is 5.11 Å². The van der Waals surface area contributed by atoms with Crippen molar-refractivity contribution >= 4 is 0 Å². The highest BCUT2D eigenvalue weighted by Gasteiger charge is 2.46. The van der Waals surface area contributed by atoms with Crippen LogP contribution in [0.25, 0.3) is 0 Å². The zero-order valence-corrected chi connectivity index (χ0v) is 7.96. The van der Waals surface area contributed by atoms with Crippen molar-refractivity contribution in [3.8, 4) is 0 Å². The van der Waals surface area contributed by atoms with Crippen molar-refractivity contribution in [1.82, 2.24) is 0 Å². The van der Waals surface area contributed by atoms with Crippen molar-refractivity contribution in [3.63, 3.8) is 0 Å². The first-order valence-electron chi connectivity index (χ1n) is 4.96. The summed E-state index contributed by atoms with van der Waals surface area (Å²) in [6, 6.07) is 0. The molecule has 0 aromatic heterocycles. The Morgan fingerprint density at radius 2 is 2.17 bits per heavy atom. The fourth-order valence-corrected chi connectivity index (χ4v) is 2.99. The van der Waals surface area contributed by atoms with Gasteiger partial charge in [0, 0.05) is 5.92 Å². The molecule has 0 spiro atoms. The van der Waals surface area contributed by atoms with Gasteiger partial charge >= 0.3 is 0 Å². The van der Waals surface area contributed by atoms with Gasteiger partial charge in [-0.25, -0.2) is 0 Å². The number of aliphatic hydroxyl groups excluding tert-OH is 1. The first-order valence-corrected chi connectivity index (χ1v) is 4.96. The molecule has 68 valence electrons. The number of rotatable bonds is 0. The van der Waals surface area contributed by atoms with Crippen LogP contribution in [0, 0.1) is 17.3 Å². The molecule has 0 amide bonds. The predicted molar refractivity (Wildman–Crippen MR) is 49.8 cm³/mol. The molecule has 1 nitrogen and oxygen atoms in total. The van der Waals surface area contributed by atoms with Crippen LogP contribution in [0.2, 0.25) is 0 Å². The van der Waals surface area contributed by atoms with E-state index in [9.17, 15) is 5.11 Å². The Labute approximate surface area is 74.5 Å². The average Bonchev–Trinajstić information content (AvgIpc) is 2.25. The quantitative estimate of drug-likeness (QED) is 0.548. The topological polar surface area (TPSA) is 20.2 Å². The van der Waals surface area contributed by atoms with Gasteiger partial charge in [0.15, 0.2) is 0 Å². The molecule has 0 aliphatic heterocycles. The third-order valence-corrected chi connectivity index (χ3v) is 3.65. The SMILES string of the molecule is CC1(C)C[C@@H](O)[C@@H]2C=CCC[C@@H]21. The van der Waals surface area contributed by atoms with Crippen molar-refractivity contribution in [3.05, 3.63) is 12.2 Å². The van der Waals surface area contributed by atoms with Gasteiger partial charge in [0.25, 0.3) is 0 Å². The van der Waals surface area contributed by atoms with Crippen LogP contribution < -0.4 is 0 Å². The summed E-state index contributed by atoms with van der Waals surface area (Å²) in [4.78, 5) is 0. The summed E-state index contributed by atoms with van der Waals surface area (Å²) in [6.45, 7) is 4.58. The van der Waals surface area contributed by atoms with Crippen LogP contribution >= 0.6 is 0 Å². The number of aliphatic hydroxyl groups is 1. The lowest BCUT2D eigenvalue weighted by Crippen LogP contribution is -2.24. The van der Waals surface area contributed by atoms with Crippen molar-refractivity contribution < 1.29 is 5.11 Å². The van der Waals surface area contributed by atoms with Gasteiger partial charge in [0.2, 0.25) is 0 Å². The summed E-state index contributed by atoms with van der Waals surface area (Å²) >= 11 is 0. The molecule has 2 aliphatic rings. The van der Waals surface area contributed by atoms with Gasteiger partial charge in [-0.3, -0.25) is 0 Å². The van der Waals surface area contributed by atoms with Gasteiger partial charge in [0.05, 0.1) is 6.10 Å². The lowest BCUT2D eigenvalue weighted by molar-refractivity contribution is 0.138. The molecule has 12 heavy (non-hydrogen) atoms. The number of hydrogen-bond acceptors (Lipinski definition) is 1. The summed E-state index contributed by atoms with van der Waals surface area (Å²) in [7, 11) is 0. The van der Waals surface area contributed by atoms with Crippen molar-refractivity contribution in [2.24, 2.45) is 17.3 Å². The molecular weight excluding hydrogens is 148 g/mol. The lowest BCUT2D eigenvalue weighted by Gasteiger charge is -2.31. The zero-order chi connectivity index (χ0) is 8.77. The maximum absolute atomic E-state index is 9.81. The normalized spacial score (nSPS) is 44.4. The van der Waals surface area contributed by atoms with Crippen molar-refractivity contribution in [1.29, 1.82) is 0 Å². The summed E-state index contributed by atoms with van der Waals surface area (Å²) in [6.07, 6.45) is 7.83. The molecule has 0 radical (unpaired) electrons. The number of allylic oxidation sites excluding steroid dienone is 1. The summed E-state index contributed by atoms with van der Waals surface area (Å²) < 4.78 is 0. The van der Waals surface area contributed by atoms with E-state index in [0.29, 0.717) is 11.3 Å². The second kappa shape index (κ2) is 2.59. The van der Waals surface area contributed by atoms with Gasteiger partial charge in [0.1, 0.15) is 0 Å². The minimum Gasteiger partial charge on any atom is -0.392 e. The first kappa shape index (κ1) is 8.31. The Morgan fingerprint density at radius 1 is 1.42 bits per heavy atom. The Kier molecular flexibility index (Phi) is 1.80. The molecule has 1 fully saturated rings. The Hall–Kier alpha value is -0.300. The van der Waals surface area contributed by atoms with E-state index < -0.39 is 0 Å². The van der Waals surface area contributed by atoms with E-state index in [0.717, 1.165) is 12.3 Å². The standard InChI is InChI=1S/C11H18O/c1-11(2)7-10(12)8-5-3-4-6-9(8)11/h3,5,8-10,12H,4,6-7H2,1-2H3/t8-,9+,10-/m1/s1. The molecule has 2 rings (SSSR count). The highest BCUT2D eigenvalue weighted by Crippen LogP contribution is 2.50. The van der Waals surface area contributed by atoms with Crippen LogP contribution in [0.15, 0.2) is 12.2 Å². The Balaban J connectivity index is 2.25. The van der Waals surface area contributed by atoms with Crippen LogP contribution in [-0.4, -0.2) is 11.2 Å². The highest BCUT2D eigenvalue weighted by molar-refractivity contribution is 5.08. The Bertz CT molecular complexity index is 205.